The minimum Gasteiger partial charge on any atom is -0.376 e. The third-order valence-corrected chi connectivity index (χ3v) is 4.46. The number of morpholine rings is 1. The highest BCUT2D eigenvalue weighted by atomic mass is 16.5. The van der Waals surface area contributed by atoms with Crippen molar-refractivity contribution in [2.24, 2.45) is 11.8 Å². The lowest BCUT2D eigenvalue weighted by Gasteiger charge is -2.34. The van der Waals surface area contributed by atoms with Crippen LogP contribution in [0.2, 0.25) is 0 Å². The molecule has 0 N–H and O–H groups in total. The van der Waals surface area contributed by atoms with Crippen LogP contribution in [0.15, 0.2) is 0 Å². The molecule has 1 aliphatic heterocycles. The number of ether oxygens (including phenoxy) is 1. The molecular weight excluding hydrogens is 246 g/mol. The Morgan fingerprint density at radius 2 is 1.90 bits per heavy atom. The van der Waals surface area contributed by atoms with Gasteiger partial charge in [-0.3, -0.25) is 4.90 Å². The summed E-state index contributed by atoms with van der Waals surface area (Å²) in [5, 5.41) is 0. The van der Waals surface area contributed by atoms with E-state index in [0.29, 0.717) is 6.10 Å². The molecule has 0 saturated carbocycles. The van der Waals surface area contributed by atoms with Crippen molar-refractivity contribution >= 4 is 0 Å². The van der Waals surface area contributed by atoms with Crippen molar-refractivity contribution in [3.05, 3.63) is 0 Å². The third kappa shape index (κ3) is 8.26. The van der Waals surface area contributed by atoms with Crippen molar-refractivity contribution < 1.29 is 4.74 Å². The van der Waals surface area contributed by atoms with Crippen molar-refractivity contribution in [3.63, 3.8) is 0 Å². The Morgan fingerprint density at radius 3 is 2.60 bits per heavy atom. The van der Waals surface area contributed by atoms with Crippen LogP contribution in [-0.2, 0) is 4.74 Å². The van der Waals surface area contributed by atoms with E-state index in [0.717, 1.165) is 31.5 Å². The predicted molar refractivity (Wildman–Crippen MR) is 88.2 cm³/mol. The molecule has 2 heteroatoms. The zero-order valence-corrected chi connectivity index (χ0v) is 14.4. The van der Waals surface area contributed by atoms with E-state index < -0.39 is 0 Å². The van der Waals surface area contributed by atoms with E-state index >= 15 is 0 Å². The summed E-state index contributed by atoms with van der Waals surface area (Å²) in [7, 11) is 0. The molecule has 0 amide bonds. The van der Waals surface area contributed by atoms with Gasteiger partial charge in [0, 0.05) is 13.1 Å². The minimum absolute atomic E-state index is 0.483. The second-order valence-electron chi connectivity index (χ2n) is 7.17. The lowest BCUT2D eigenvalue weighted by atomic mass is 9.96. The van der Waals surface area contributed by atoms with Gasteiger partial charge in [0.05, 0.1) is 12.7 Å². The van der Waals surface area contributed by atoms with Crippen LogP contribution >= 0.6 is 0 Å². The number of hydrogen-bond acceptors (Lipinski definition) is 2. The average molecular weight is 284 g/mol. The van der Waals surface area contributed by atoms with Crippen LogP contribution in [0.4, 0.5) is 0 Å². The zero-order valence-electron chi connectivity index (χ0n) is 14.4. The van der Waals surface area contributed by atoms with Crippen LogP contribution in [0.25, 0.3) is 0 Å². The van der Waals surface area contributed by atoms with Crippen LogP contribution in [0.1, 0.15) is 72.6 Å². The van der Waals surface area contributed by atoms with Crippen molar-refractivity contribution in [2.45, 2.75) is 78.7 Å². The maximum absolute atomic E-state index is 5.97. The average Bonchev–Trinajstić information content (AvgIpc) is 2.42. The SMILES string of the molecule is CCCCCCC(C)CC1CN(CCC(C)C)CCO1. The number of hydrogen-bond donors (Lipinski definition) is 0. The number of nitrogens with zero attached hydrogens (tertiary/aromatic N) is 1. The fourth-order valence-electron chi connectivity index (χ4n) is 3.05. The van der Waals surface area contributed by atoms with Crippen LogP contribution in [0.3, 0.4) is 0 Å². The fourth-order valence-corrected chi connectivity index (χ4v) is 3.05. The van der Waals surface area contributed by atoms with Gasteiger partial charge in [-0.05, 0) is 31.2 Å². The van der Waals surface area contributed by atoms with Gasteiger partial charge in [0.1, 0.15) is 0 Å². The molecule has 0 aromatic carbocycles. The third-order valence-electron chi connectivity index (χ3n) is 4.46. The number of rotatable bonds is 10. The topological polar surface area (TPSA) is 12.5 Å². The fraction of sp³-hybridized carbons (Fsp3) is 1.00. The van der Waals surface area contributed by atoms with E-state index in [1.807, 2.05) is 0 Å². The smallest absolute Gasteiger partial charge is 0.0705 e. The molecule has 1 rings (SSSR count). The van der Waals surface area contributed by atoms with Gasteiger partial charge < -0.3 is 4.74 Å². The highest BCUT2D eigenvalue weighted by Gasteiger charge is 2.22. The molecule has 1 saturated heterocycles. The lowest BCUT2D eigenvalue weighted by molar-refractivity contribution is -0.0396. The Morgan fingerprint density at radius 1 is 1.10 bits per heavy atom. The highest BCUT2D eigenvalue weighted by Crippen LogP contribution is 2.20. The summed E-state index contributed by atoms with van der Waals surface area (Å²) in [6.07, 6.45) is 9.99. The Balaban J connectivity index is 2.15. The van der Waals surface area contributed by atoms with Gasteiger partial charge in [-0.1, -0.05) is 59.8 Å². The molecule has 2 nitrogen and oxygen atoms in total. The molecule has 2 unspecified atom stereocenters. The van der Waals surface area contributed by atoms with E-state index in [-0.39, 0.29) is 0 Å². The van der Waals surface area contributed by atoms with Crippen LogP contribution < -0.4 is 0 Å². The Labute approximate surface area is 127 Å². The monoisotopic (exact) mass is 283 g/mol. The molecule has 1 heterocycles. The summed E-state index contributed by atoms with van der Waals surface area (Å²) >= 11 is 0. The first-order chi connectivity index (χ1) is 9.61. The van der Waals surface area contributed by atoms with Crippen LogP contribution in [0.5, 0.6) is 0 Å². The van der Waals surface area contributed by atoms with Gasteiger partial charge in [-0.15, -0.1) is 0 Å². The summed E-state index contributed by atoms with van der Waals surface area (Å²) < 4.78 is 5.97. The van der Waals surface area contributed by atoms with Gasteiger partial charge in [0.25, 0.3) is 0 Å². The van der Waals surface area contributed by atoms with Gasteiger partial charge >= 0.3 is 0 Å². The predicted octanol–water partition coefficient (Wildman–Crippen LogP) is 4.73. The second-order valence-corrected chi connectivity index (χ2v) is 7.17. The molecule has 2 atom stereocenters. The standard InChI is InChI=1S/C18H37NO/c1-5-6-7-8-9-17(4)14-18-15-19(12-13-20-18)11-10-16(2)3/h16-18H,5-15H2,1-4H3. The molecule has 1 aliphatic rings. The van der Waals surface area contributed by atoms with Gasteiger partial charge in [0.15, 0.2) is 0 Å². The minimum atomic E-state index is 0.483. The van der Waals surface area contributed by atoms with Gasteiger partial charge in [-0.25, -0.2) is 0 Å². The first-order valence-corrected chi connectivity index (χ1v) is 8.95. The summed E-state index contributed by atoms with van der Waals surface area (Å²) in [6, 6.07) is 0. The molecule has 0 aliphatic carbocycles. The molecule has 0 spiro atoms. The zero-order chi connectivity index (χ0) is 14.8. The van der Waals surface area contributed by atoms with Crippen molar-refractivity contribution in [1.29, 1.82) is 0 Å². The van der Waals surface area contributed by atoms with E-state index in [9.17, 15) is 0 Å². The molecule has 0 bridgehead atoms. The van der Waals surface area contributed by atoms with Crippen LogP contribution in [-0.4, -0.2) is 37.2 Å². The quantitative estimate of drug-likeness (QED) is 0.537. The van der Waals surface area contributed by atoms with Crippen molar-refractivity contribution in [3.8, 4) is 0 Å². The summed E-state index contributed by atoms with van der Waals surface area (Å²) in [6.45, 7) is 13.8. The maximum Gasteiger partial charge on any atom is 0.0705 e. The van der Waals surface area contributed by atoms with E-state index in [4.69, 9.17) is 4.74 Å². The van der Waals surface area contributed by atoms with Gasteiger partial charge in [0.2, 0.25) is 0 Å². The molecule has 0 aromatic heterocycles. The number of unbranched alkanes of at least 4 members (excludes halogenated alkanes) is 3. The van der Waals surface area contributed by atoms with Crippen LogP contribution in [0, 0.1) is 11.8 Å². The molecular formula is C18H37NO. The second kappa shape index (κ2) is 10.6. The Bertz CT molecular complexity index is 229. The summed E-state index contributed by atoms with van der Waals surface area (Å²) in [4.78, 5) is 2.61. The molecule has 1 fully saturated rings. The maximum atomic E-state index is 5.97. The van der Waals surface area contributed by atoms with Gasteiger partial charge in [-0.2, -0.15) is 0 Å². The molecule has 20 heavy (non-hydrogen) atoms. The lowest BCUT2D eigenvalue weighted by Crippen LogP contribution is -2.43. The summed E-state index contributed by atoms with van der Waals surface area (Å²) in [5.41, 5.74) is 0. The molecule has 0 radical (unpaired) electrons. The largest absolute Gasteiger partial charge is 0.376 e. The van der Waals surface area contributed by atoms with Crippen molar-refractivity contribution in [2.75, 3.05) is 26.2 Å². The normalized spacial score (nSPS) is 22.4. The van der Waals surface area contributed by atoms with E-state index in [1.54, 1.807) is 0 Å². The molecule has 0 aromatic rings. The first-order valence-electron chi connectivity index (χ1n) is 8.95. The van der Waals surface area contributed by atoms with E-state index in [1.165, 1.54) is 51.5 Å². The highest BCUT2D eigenvalue weighted by molar-refractivity contribution is 4.74. The Kier molecular flexibility index (Phi) is 9.54. The molecule has 120 valence electrons. The van der Waals surface area contributed by atoms with E-state index in [2.05, 4.69) is 32.6 Å². The first kappa shape index (κ1) is 18.0. The summed E-state index contributed by atoms with van der Waals surface area (Å²) in [5.74, 6) is 1.63. The van der Waals surface area contributed by atoms with Crippen molar-refractivity contribution in [1.82, 2.24) is 4.90 Å². The Hall–Kier alpha value is -0.0800.